The third-order valence-corrected chi connectivity index (χ3v) is 5.33. The first kappa shape index (κ1) is 21.5. The van der Waals surface area contributed by atoms with E-state index in [9.17, 15) is 37.7 Å². The standard InChI is InChI=1S/C19H13F3N2O5S/c1-10-2-4-11(5-3-10)16(25)15(30-19(20,21)22)9-23-17(26)13-7-6-12(24(28)29)8-14(13)18(23)27/h2-8,15H,9H2,1H3. The van der Waals surface area contributed by atoms with Crippen LogP contribution < -0.4 is 0 Å². The van der Waals surface area contributed by atoms with E-state index in [-0.39, 0.29) is 16.7 Å². The van der Waals surface area contributed by atoms with Crippen molar-refractivity contribution in [3.8, 4) is 0 Å². The number of nitrogens with zero attached hydrogens (tertiary/aromatic N) is 2. The maximum Gasteiger partial charge on any atom is 0.442 e. The van der Waals surface area contributed by atoms with Gasteiger partial charge in [0.1, 0.15) is 0 Å². The fourth-order valence-electron chi connectivity index (χ4n) is 2.96. The second-order valence-corrected chi connectivity index (χ2v) is 7.76. The Hall–Kier alpha value is -3.21. The largest absolute Gasteiger partial charge is 0.442 e. The van der Waals surface area contributed by atoms with Crippen molar-refractivity contribution >= 4 is 35.0 Å². The maximum atomic E-state index is 13.1. The molecule has 1 atom stereocenters. The highest BCUT2D eigenvalue weighted by molar-refractivity contribution is 8.01. The van der Waals surface area contributed by atoms with Crippen LogP contribution in [0.4, 0.5) is 18.9 Å². The van der Waals surface area contributed by atoms with Crippen molar-refractivity contribution in [1.29, 1.82) is 0 Å². The number of non-ortho nitro benzene ring substituents is 1. The minimum absolute atomic E-state index is 0.00889. The molecule has 0 radical (unpaired) electrons. The molecular weight excluding hydrogens is 425 g/mol. The molecule has 0 saturated carbocycles. The highest BCUT2D eigenvalue weighted by Gasteiger charge is 2.43. The van der Waals surface area contributed by atoms with E-state index < -0.39 is 57.3 Å². The van der Waals surface area contributed by atoms with Gasteiger partial charge in [0.05, 0.1) is 21.3 Å². The van der Waals surface area contributed by atoms with Gasteiger partial charge in [-0.25, -0.2) is 0 Å². The molecule has 0 saturated heterocycles. The molecule has 0 aliphatic carbocycles. The number of Topliss-reactive ketones (excluding diaryl/α,β-unsaturated/α-hetero) is 1. The molecule has 0 bridgehead atoms. The monoisotopic (exact) mass is 438 g/mol. The summed E-state index contributed by atoms with van der Waals surface area (Å²) in [5.41, 5.74) is -4.86. The quantitative estimate of drug-likeness (QED) is 0.293. The Morgan fingerprint density at radius 3 is 2.27 bits per heavy atom. The number of nitro groups is 1. The van der Waals surface area contributed by atoms with Crippen LogP contribution in [-0.2, 0) is 0 Å². The lowest BCUT2D eigenvalue weighted by atomic mass is 10.1. The summed E-state index contributed by atoms with van der Waals surface area (Å²) < 4.78 is 39.2. The number of rotatable bonds is 6. The summed E-state index contributed by atoms with van der Waals surface area (Å²) in [6.07, 6.45) is 0. The highest BCUT2D eigenvalue weighted by Crippen LogP contribution is 2.37. The van der Waals surface area contributed by atoms with Crippen LogP contribution in [0.1, 0.15) is 36.6 Å². The molecule has 1 heterocycles. The highest BCUT2D eigenvalue weighted by atomic mass is 32.2. The molecule has 0 N–H and O–H groups in total. The predicted molar refractivity (Wildman–Crippen MR) is 101 cm³/mol. The summed E-state index contributed by atoms with van der Waals surface area (Å²) >= 11 is -0.617. The van der Waals surface area contributed by atoms with Gasteiger partial charge in [-0.05, 0) is 24.8 Å². The Bertz CT molecular complexity index is 1050. The van der Waals surface area contributed by atoms with Crippen molar-refractivity contribution in [2.24, 2.45) is 0 Å². The minimum Gasteiger partial charge on any atom is -0.293 e. The van der Waals surface area contributed by atoms with Crippen LogP contribution in [-0.4, -0.2) is 44.7 Å². The van der Waals surface area contributed by atoms with Gasteiger partial charge in [-0.15, -0.1) is 0 Å². The first-order chi connectivity index (χ1) is 14.0. The molecule has 30 heavy (non-hydrogen) atoms. The van der Waals surface area contributed by atoms with Crippen molar-refractivity contribution < 1.29 is 32.5 Å². The van der Waals surface area contributed by atoms with Crippen molar-refractivity contribution in [3.05, 3.63) is 74.8 Å². The molecule has 1 aliphatic heterocycles. The zero-order valence-electron chi connectivity index (χ0n) is 15.3. The third kappa shape index (κ3) is 4.35. The molecular formula is C19H13F3N2O5S. The van der Waals surface area contributed by atoms with E-state index in [1.807, 2.05) is 0 Å². The number of carbonyl (C=O) groups excluding carboxylic acids is 3. The van der Waals surface area contributed by atoms with Crippen LogP contribution in [0, 0.1) is 17.0 Å². The molecule has 0 fully saturated rings. The summed E-state index contributed by atoms with van der Waals surface area (Å²) in [7, 11) is 0. The molecule has 2 aromatic rings. The molecule has 1 aliphatic rings. The van der Waals surface area contributed by atoms with Gasteiger partial charge in [0.2, 0.25) is 0 Å². The zero-order valence-corrected chi connectivity index (χ0v) is 16.1. The van der Waals surface area contributed by atoms with Crippen LogP contribution in [0.15, 0.2) is 42.5 Å². The molecule has 0 aromatic heterocycles. The van der Waals surface area contributed by atoms with Crippen molar-refractivity contribution in [3.63, 3.8) is 0 Å². The van der Waals surface area contributed by atoms with Gasteiger partial charge in [-0.2, -0.15) is 13.2 Å². The van der Waals surface area contributed by atoms with Crippen LogP contribution in [0.2, 0.25) is 0 Å². The maximum absolute atomic E-state index is 13.1. The number of benzene rings is 2. The average Bonchev–Trinajstić information content (AvgIpc) is 2.91. The van der Waals surface area contributed by atoms with Gasteiger partial charge in [0, 0.05) is 24.2 Å². The van der Waals surface area contributed by atoms with Crippen molar-refractivity contribution in [1.82, 2.24) is 4.90 Å². The van der Waals surface area contributed by atoms with Gasteiger partial charge in [0.25, 0.3) is 17.5 Å². The molecule has 2 aromatic carbocycles. The molecule has 11 heteroatoms. The molecule has 7 nitrogen and oxygen atoms in total. The van der Waals surface area contributed by atoms with Crippen LogP contribution in [0.3, 0.4) is 0 Å². The van der Waals surface area contributed by atoms with Gasteiger partial charge >= 0.3 is 5.51 Å². The van der Waals surface area contributed by atoms with Gasteiger partial charge < -0.3 is 0 Å². The van der Waals surface area contributed by atoms with Crippen LogP contribution in [0.5, 0.6) is 0 Å². The average molecular weight is 438 g/mol. The van der Waals surface area contributed by atoms with E-state index in [0.717, 1.165) is 23.8 Å². The number of nitro benzene ring substituents is 1. The Balaban J connectivity index is 1.91. The van der Waals surface area contributed by atoms with E-state index in [0.29, 0.717) is 4.90 Å². The van der Waals surface area contributed by atoms with E-state index in [4.69, 9.17) is 0 Å². The number of alkyl halides is 3. The number of carbonyl (C=O) groups is 3. The first-order valence-electron chi connectivity index (χ1n) is 8.48. The number of aryl methyl sites for hydroxylation is 1. The Morgan fingerprint density at radius 1 is 1.10 bits per heavy atom. The summed E-state index contributed by atoms with van der Waals surface area (Å²) in [5.74, 6) is -2.78. The van der Waals surface area contributed by atoms with Gasteiger partial charge in [0.15, 0.2) is 5.78 Å². The van der Waals surface area contributed by atoms with E-state index in [1.165, 1.54) is 12.1 Å². The summed E-state index contributed by atoms with van der Waals surface area (Å²) in [6.45, 7) is 0.922. The van der Waals surface area contributed by atoms with E-state index >= 15 is 0 Å². The number of halogens is 3. The lowest BCUT2D eigenvalue weighted by Crippen LogP contribution is -2.40. The second-order valence-electron chi connectivity index (χ2n) is 6.49. The van der Waals surface area contributed by atoms with Crippen molar-refractivity contribution in [2.45, 2.75) is 17.7 Å². The second kappa shape index (κ2) is 7.90. The summed E-state index contributed by atoms with van der Waals surface area (Å²) in [6, 6.07) is 8.84. The van der Waals surface area contributed by atoms with E-state index in [1.54, 1.807) is 19.1 Å². The molecule has 1 unspecified atom stereocenters. The fraction of sp³-hybridized carbons (Fsp3) is 0.211. The van der Waals surface area contributed by atoms with Gasteiger partial charge in [-0.3, -0.25) is 29.4 Å². The van der Waals surface area contributed by atoms with Crippen LogP contribution >= 0.6 is 11.8 Å². The van der Waals surface area contributed by atoms with Crippen LogP contribution in [0.25, 0.3) is 0 Å². The third-order valence-electron chi connectivity index (χ3n) is 4.42. The number of ketones is 1. The molecule has 2 amide bonds. The topological polar surface area (TPSA) is 97.6 Å². The zero-order chi connectivity index (χ0) is 22.2. The molecule has 0 spiro atoms. The summed E-state index contributed by atoms with van der Waals surface area (Å²) in [4.78, 5) is 48.4. The lowest BCUT2D eigenvalue weighted by Gasteiger charge is -2.22. The Labute approximate surface area is 172 Å². The Morgan fingerprint density at radius 2 is 1.70 bits per heavy atom. The van der Waals surface area contributed by atoms with Gasteiger partial charge in [-0.1, -0.05) is 29.8 Å². The predicted octanol–water partition coefficient (Wildman–Crippen LogP) is 4.00. The lowest BCUT2D eigenvalue weighted by molar-refractivity contribution is -0.384. The number of hydrogen-bond acceptors (Lipinski definition) is 6. The smallest absolute Gasteiger partial charge is 0.293 e. The number of imide groups is 1. The number of thioether (sulfide) groups is 1. The molecule has 156 valence electrons. The Kier molecular flexibility index (Phi) is 5.66. The number of fused-ring (bicyclic) bond motifs is 1. The fourth-order valence-corrected chi connectivity index (χ4v) is 3.75. The first-order valence-corrected chi connectivity index (χ1v) is 9.36. The summed E-state index contributed by atoms with van der Waals surface area (Å²) in [5, 5.41) is 9.11. The van der Waals surface area contributed by atoms with Crippen molar-refractivity contribution in [2.75, 3.05) is 6.54 Å². The molecule has 3 rings (SSSR count). The normalized spacial score (nSPS) is 14.6. The minimum atomic E-state index is -4.79. The number of amides is 2. The SMILES string of the molecule is Cc1ccc(C(=O)C(CN2C(=O)c3ccc([N+](=O)[O-])cc3C2=O)SC(F)(F)F)cc1. The number of hydrogen-bond donors (Lipinski definition) is 0. The van der Waals surface area contributed by atoms with E-state index in [2.05, 4.69) is 0 Å².